The van der Waals surface area contributed by atoms with Crippen LogP contribution in [0.25, 0.3) is 27.5 Å². The number of aliphatic hydroxyl groups is 1. The van der Waals surface area contributed by atoms with Gasteiger partial charge in [-0.25, -0.2) is 14.5 Å². The van der Waals surface area contributed by atoms with Crippen molar-refractivity contribution in [3.8, 4) is 21.8 Å². The fourth-order valence-corrected chi connectivity index (χ4v) is 6.11. The number of aliphatic hydroxyl groups excluding tert-OH is 1. The van der Waals surface area contributed by atoms with Crippen molar-refractivity contribution in [1.29, 1.82) is 0 Å². The topological polar surface area (TPSA) is 86.9 Å². The zero-order valence-corrected chi connectivity index (χ0v) is 23.2. The van der Waals surface area contributed by atoms with Gasteiger partial charge in [-0.2, -0.15) is 5.10 Å². The van der Waals surface area contributed by atoms with E-state index < -0.39 is 0 Å². The standard InChI is InChI=1S/C29H36N6O2S/c1-4-33(5-2)20(3)10-11-26(37)21-16-25(31-28(17-21)34-13-6-8-22(34)19-36)23-18-30-35-14-12-24(32-29(23)35)27-9-7-15-38-27/h7,9,12,14-18,20,22,36H,4-6,8,10-11,13,19H2,1-3H3/t20-,22+/m0/s1. The molecule has 4 aromatic rings. The van der Waals surface area contributed by atoms with Crippen LogP contribution in [0.2, 0.25) is 0 Å². The van der Waals surface area contributed by atoms with Crippen molar-refractivity contribution in [2.24, 2.45) is 0 Å². The molecule has 2 atom stereocenters. The molecule has 0 saturated carbocycles. The summed E-state index contributed by atoms with van der Waals surface area (Å²) in [5.74, 6) is 0.838. The fourth-order valence-electron chi connectivity index (χ4n) is 5.41. The highest BCUT2D eigenvalue weighted by atomic mass is 32.1. The third-order valence-corrected chi connectivity index (χ3v) is 8.55. The lowest BCUT2D eigenvalue weighted by Crippen LogP contribution is -2.33. The quantitative estimate of drug-likeness (QED) is 0.267. The number of nitrogens with zero attached hydrogens (tertiary/aromatic N) is 6. The molecule has 0 amide bonds. The number of carbonyl (C=O) groups is 1. The Hall–Kier alpha value is -3.14. The minimum absolute atomic E-state index is 0.0100. The van der Waals surface area contributed by atoms with Gasteiger partial charge in [0.05, 0.1) is 40.7 Å². The van der Waals surface area contributed by atoms with Gasteiger partial charge in [0, 0.05) is 30.8 Å². The van der Waals surface area contributed by atoms with Gasteiger partial charge in [-0.15, -0.1) is 11.3 Å². The van der Waals surface area contributed by atoms with Crippen LogP contribution in [0.5, 0.6) is 0 Å². The monoisotopic (exact) mass is 532 g/mol. The normalized spacial score (nSPS) is 16.6. The molecule has 4 aromatic heterocycles. The first-order valence-corrected chi connectivity index (χ1v) is 14.5. The number of hydrogen-bond acceptors (Lipinski definition) is 8. The number of thiophene rings is 1. The molecule has 0 spiro atoms. The van der Waals surface area contributed by atoms with Crippen LogP contribution in [0.3, 0.4) is 0 Å². The molecule has 0 unspecified atom stereocenters. The Labute approximate surface area is 228 Å². The lowest BCUT2D eigenvalue weighted by molar-refractivity contribution is 0.0964. The minimum Gasteiger partial charge on any atom is -0.394 e. The van der Waals surface area contributed by atoms with E-state index in [0.717, 1.165) is 60.8 Å². The van der Waals surface area contributed by atoms with E-state index in [0.29, 0.717) is 29.4 Å². The van der Waals surface area contributed by atoms with E-state index >= 15 is 0 Å². The molecule has 5 rings (SSSR count). The molecule has 0 bridgehead atoms. The number of rotatable bonds is 11. The van der Waals surface area contributed by atoms with Crippen molar-refractivity contribution in [3.05, 3.63) is 53.7 Å². The molecule has 0 aliphatic carbocycles. The molecule has 38 heavy (non-hydrogen) atoms. The summed E-state index contributed by atoms with van der Waals surface area (Å²) in [4.78, 5) is 29.0. The highest BCUT2D eigenvalue weighted by Crippen LogP contribution is 2.31. The SMILES string of the molecule is CCN(CC)[C@@H](C)CCC(=O)c1cc(-c2cnn3ccc(-c4cccs4)nc23)nc(N2CCC[C@@H]2CO)c1. The van der Waals surface area contributed by atoms with Crippen molar-refractivity contribution >= 4 is 28.6 Å². The molecule has 1 saturated heterocycles. The van der Waals surface area contributed by atoms with Crippen LogP contribution in [0.4, 0.5) is 5.82 Å². The number of aromatic nitrogens is 4. The molecule has 1 N–H and O–H groups in total. The van der Waals surface area contributed by atoms with Crippen molar-refractivity contribution in [1.82, 2.24) is 24.5 Å². The van der Waals surface area contributed by atoms with Gasteiger partial charge in [-0.05, 0) is 68.9 Å². The number of fused-ring (bicyclic) bond motifs is 1. The van der Waals surface area contributed by atoms with E-state index in [1.54, 1.807) is 22.0 Å². The first-order valence-electron chi connectivity index (χ1n) is 13.6. The van der Waals surface area contributed by atoms with Gasteiger partial charge in [-0.3, -0.25) is 4.79 Å². The maximum Gasteiger partial charge on any atom is 0.165 e. The van der Waals surface area contributed by atoms with E-state index in [-0.39, 0.29) is 18.4 Å². The van der Waals surface area contributed by atoms with Crippen molar-refractivity contribution in [2.45, 2.75) is 58.5 Å². The number of carbonyl (C=O) groups excluding carboxylic acids is 1. The third kappa shape index (κ3) is 5.36. The first-order chi connectivity index (χ1) is 18.5. The summed E-state index contributed by atoms with van der Waals surface area (Å²) in [6, 6.07) is 10.2. The lowest BCUT2D eigenvalue weighted by atomic mass is 10.0. The smallest absolute Gasteiger partial charge is 0.165 e. The van der Waals surface area contributed by atoms with Crippen LogP contribution in [-0.4, -0.2) is 73.7 Å². The van der Waals surface area contributed by atoms with Gasteiger partial charge in [0.1, 0.15) is 5.82 Å². The van der Waals surface area contributed by atoms with Crippen LogP contribution in [0.1, 0.15) is 56.8 Å². The Balaban J connectivity index is 1.53. The van der Waals surface area contributed by atoms with E-state index in [1.807, 2.05) is 35.8 Å². The lowest BCUT2D eigenvalue weighted by Gasteiger charge is -2.26. The van der Waals surface area contributed by atoms with Gasteiger partial charge in [0.2, 0.25) is 0 Å². The van der Waals surface area contributed by atoms with E-state index in [9.17, 15) is 9.90 Å². The summed E-state index contributed by atoms with van der Waals surface area (Å²) in [6.45, 7) is 9.33. The Morgan fingerprint density at radius 2 is 2.05 bits per heavy atom. The van der Waals surface area contributed by atoms with Gasteiger partial charge < -0.3 is 14.9 Å². The van der Waals surface area contributed by atoms with Gasteiger partial charge in [0.15, 0.2) is 11.4 Å². The predicted octanol–water partition coefficient (Wildman–Crippen LogP) is 5.17. The Kier molecular flexibility index (Phi) is 8.16. The zero-order valence-electron chi connectivity index (χ0n) is 22.4. The van der Waals surface area contributed by atoms with Crippen LogP contribution in [0, 0.1) is 0 Å². The first kappa shape index (κ1) is 26.5. The number of anilines is 1. The summed E-state index contributed by atoms with van der Waals surface area (Å²) in [6.07, 6.45) is 6.86. The molecule has 0 aromatic carbocycles. The second-order valence-electron chi connectivity index (χ2n) is 9.92. The third-order valence-electron chi connectivity index (χ3n) is 7.66. The molecule has 200 valence electrons. The molecular weight excluding hydrogens is 496 g/mol. The molecule has 8 nitrogen and oxygen atoms in total. The number of hydrogen-bond donors (Lipinski definition) is 1. The highest BCUT2D eigenvalue weighted by Gasteiger charge is 2.27. The fraction of sp³-hybridized carbons (Fsp3) is 0.448. The average molecular weight is 533 g/mol. The Morgan fingerprint density at radius 1 is 1.21 bits per heavy atom. The summed E-state index contributed by atoms with van der Waals surface area (Å²) >= 11 is 1.64. The molecule has 1 aliphatic rings. The predicted molar refractivity (Wildman–Crippen MR) is 153 cm³/mol. The average Bonchev–Trinajstić information content (AvgIpc) is 3.72. The molecule has 9 heteroatoms. The second kappa shape index (κ2) is 11.7. The maximum atomic E-state index is 13.5. The number of Topliss-reactive ketones (excluding diaryl/α,β-unsaturated/α-hetero) is 1. The Bertz CT molecular complexity index is 1380. The largest absolute Gasteiger partial charge is 0.394 e. The van der Waals surface area contributed by atoms with Crippen molar-refractivity contribution < 1.29 is 9.90 Å². The minimum atomic E-state index is 0.0100. The van der Waals surface area contributed by atoms with Crippen LogP contribution in [-0.2, 0) is 0 Å². The highest BCUT2D eigenvalue weighted by molar-refractivity contribution is 7.13. The molecular formula is C29H36N6O2S. The molecule has 1 aliphatic heterocycles. The molecule has 1 fully saturated rings. The molecule has 5 heterocycles. The zero-order chi connectivity index (χ0) is 26.6. The summed E-state index contributed by atoms with van der Waals surface area (Å²) < 4.78 is 1.75. The molecule has 0 radical (unpaired) electrons. The van der Waals surface area contributed by atoms with E-state index in [4.69, 9.17) is 9.97 Å². The van der Waals surface area contributed by atoms with E-state index in [2.05, 4.69) is 41.7 Å². The maximum absolute atomic E-state index is 13.5. The van der Waals surface area contributed by atoms with Gasteiger partial charge in [0.25, 0.3) is 0 Å². The second-order valence-corrected chi connectivity index (χ2v) is 10.9. The summed E-state index contributed by atoms with van der Waals surface area (Å²) in [5.41, 5.74) is 3.70. The number of ketones is 1. The van der Waals surface area contributed by atoms with Crippen LogP contribution >= 0.6 is 11.3 Å². The van der Waals surface area contributed by atoms with Crippen molar-refractivity contribution in [3.63, 3.8) is 0 Å². The van der Waals surface area contributed by atoms with Gasteiger partial charge >= 0.3 is 0 Å². The van der Waals surface area contributed by atoms with Crippen molar-refractivity contribution in [2.75, 3.05) is 31.1 Å². The summed E-state index contributed by atoms with van der Waals surface area (Å²) in [7, 11) is 0. The number of pyridine rings is 1. The van der Waals surface area contributed by atoms with Gasteiger partial charge in [-0.1, -0.05) is 19.9 Å². The van der Waals surface area contributed by atoms with Crippen LogP contribution < -0.4 is 4.90 Å². The van der Waals surface area contributed by atoms with E-state index in [1.165, 1.54) is 0 Å². The summed E-state index contributed by atoms with van der Waals surface area (Å²) in [5, 5.41) is 16.5. The Morgan fingerprint density at radius 3 is 2.79 bits per heavy atom. The van der Waals surface area contributed by atoms with Crippen LogP contribution in [0.15, 0.2) is 48.1 Å².